The van der Waals surface area contributed by atoms with E-state index in [0.717, 1.165) is 17.0 Å². The minimum absolute atomic E-state index is 0.0640. The van der Waals surface area contributed by atoms with Crippen LogP contribution in [0.1, 0.15) is 6.92 Å². The van der Waals surface area contributed by atoms with E-state index >= 15 is 0 Å². The number of para-hydroxylation sites is 1. The number of terminal acetylenes is 1. The number of H-pyrrole nitrogens is 1. The van der Waals surface area contributed by atoms with Gasteiger partial charge >= 0.3 is 0 Å². The minimum Gasteiger partial charge on any atom is -0.490 e. The largest absolute Gasteiger partial charge is 0.490 e. The number of hydrogen-bond acceptors (Lipinski definition) is 3. The van der Waals surface area contributed by atoms with E-state index in [1.54, 1.807) is 0 Å². The first-order valence-corrected chi connectivity index (χ1v) is 6.94. The molecule has 0 radical (unpaired) electrons. The first-order chi connectivity index (χ1) is 10.2. The van der Waals surface area contributed by atoms with Crippen LogP contribution in [0.5, 0.6) is 5.75 Å². The van der Waals surface area contributed by atoms with Crippen LogP contribution in [-0.4, -0.2) is 35.4 Å². The smallest absolute Gasteiger partial charge is 0.128 e. The molecule has 0 aliphatic heterocycles. The number of aliphatic hydroxyl groups excluding tert-OH is 1. The van der Waals surface area contributed by atoms with Crippen LogP contribution < -0.4 is 10.1 Å². The van der Waals surface area contributed by atoms with Gasteiger partial charge in [-0.15, -0.1) is 6.42 Å². The van der Waals surface area contributed by atoms with Crippen LogP contribution in [0.4, 0.5) is 0 Å². The maximum atomic E-state index is 9.91. The van der Waals surface area contributed by atoms with Crippen molar-refractivity contribution in [1.29, 1.82) is 0 Å². The molecule has 1 heterocycles. The molecule has 0 aliphatic rings. The third-order valence-electron chi connectivity index (χ3n) is 3.12. The molecule has 1 aromatic heterocycles. The molecule has 0 bridgehead atoms. The van der Waals surface area contributed by atoms with Crippen LogP contribution in [-0.2, 0) is 0 Å². The molecule has 2 rings (SSSR count). The van der Waals surface area contributed by atoms with Gasteiger partial charge in [0.15, 0.2) is 0 Å². The Hall–Kier alpha value is -2.22. The van der Waals surface area contributed by atoms with Crippen LogP contribution in [0, 0.1) is 12.3 Å². The van der Waals surface area contributed by atoms with Gasteiger partial charge in [0.05, 0.1) is 6.04 Å². The normalized spacial score (nSPS) is 13.4. The Bertz CT molecular complexity index is 587. The lowest BCUT2D eigenvalue weighted by atomic mass is 10.1. The molecular weight excluding hydrogens is 264 g/mol. The van der Waals surface area contributed by atoms with Crippen LogP contribution >= 0.6 is 0 Å². The summed E-state index contributed by atoms with van der Waals surface area (Å²) in [5, 5.41) is 13.0. The molecule has 1 aromatic carbocycles. The van der Waals surface area contributed by atoms with Gasteiger partial charge in [0.25, 0.3) is 0 Å². The average molecular weight is 284 g/mol. The molecule has 0 saturated heterocycles. The van der Waals surface area contributed by atoms with Gasteiger partial charge in [0, 0.05) is 24.0 Å². The zero-order chi connectivity index (χ0) is 15.1. The monoisotopic (exact) mass is 284 g/mol. The van der Waals surface area contributed by atoms with Crippen LogP contribution in [0.15, 0.2) is 42.6 Å². The molecule has 0 fully saturated rings. The summed E-state index contributed by atoms with van der Waals surface area (Å²) in [5.74, 6) is 3.29. The van der Waals surface area contributed by atoms with Crippen LogP contribution in [0.3, 0.4) is 0 Å². The Morgan fingerprint density at radius 2 is 2.14 bits per heavy atom. The van der Waals surface area contributed by atoms with Crippen LogP contribution in [0.2, 0.25) is 0 Å². The summed E-state index contributed by atoms with van der Waals surface area (Å²) in [4.78, 5) is 3.15. The summed E-state index contributed by atoms with van der Waals surface area (Å²) in [7, 11) is 0. The van der Waals surface area contributed by atoms with Gasteiger partial charge in [-0.2, -0.15) is 0 Å². The fraction of sp³-hybridized carbons (Fsp3) is 0.294. The summed E-state index contributed by atoms with van der Waals surface area (Å²) >= 11 is 0. The second-order valence-electron chi connectivity index (χ2n) is 4.84. The molecular formula is C17H20N2O2. The second-order valence-corrected chi connectivity index (χ2v) is 4.84. The van der Waals surface area contributed by atoms with Crippen molar-refractivity contribution in [2.45, 2.75) is 19.1 Å². The highest BCUT2D eigenvalue weighted by molar-refractivity contribution is 5.67. The Labute approximate surface area is 125 Å². The highest BCUT2D eigenvalue weighted by Gasteiger charge is 2.10. The third kappa shape index (κ3) is 4.38. The van der Waals surface area contributed by atoms with Crippen molar-refractivity contribution < 1.29 is 9.84 Å². The molecule has 0 saturated carbocycles. The van der Waals surface area contributed by atoms with Gasteiger partial charge < -0.3 is 20.1 Å². The van der Waals surface area contributed by atoms with Crippen molar-refractivity contribution in [2.75, 3.05) is 13.2 Å². The Morgan fingerprint density at radius 1 is 1.33 bits per heavy atom. The predicted octanol–water partition coefficient (Wildman–Crippen LogP) is 2.03. The third-order valence-corrected chi connectivity index (χ3v) is 3.12. The van der Waals surface area contributed by atoms with E-state index in [-0.39, 0.29) is 12.6 Å². The number of aromatic nitrogens is 1. The van der Waals surface area contributed by atoms with E-state index in [0.29, 0.717) is 6.54 Å². The average Bonchev–Trinajstić information content (AvgIpc) is 3.05. The SMILES string of the molecule is C#CC(C)NCC(O)COc1ccccc1-c1ccc[nH]1. The fourth-order valence-corrected chi connectivity index (χ4v) is 1.93. The maximum Gasteiger partial charge on any atom is 0.128 e. The van der Waals surface area contributed by atoms with Gasteiger partial charge in [-0.3, -0.25) is 0 Å². The molecule has 2 aromatic rings. The number of aliphatic hydroxyl groups is 1. The van der Waals surface area contributed by atoms with Gasteiger partial charge in [-0.1, -0.05) is 18.1 Å². The van der Waals surface area contributed by atoms with E-state index in [4.69, 9.17) is 11.2 Å². The van der Waals surface area contributed by atoms with Crippen LogP contribution in [0.25, 0.3) is 11.3 Å². The molecule has 4 heteroatoms. The molecule has 0 aliphatic carbocycles. The molecule has 0 spiro atoms. The zero-order valence-corrected chi connectivity index (χ0v) is 12.0. The molecule has 2 unspecified atom stereocenters. The first kappa shape index (κ1) is 15.2. The highest BCUT2D eigenvalue weighted by atomic mass is 16.5. The van der Waals surface area contributed by atoms with Crippen molar-refractivity contribution >= 4 is 0 Å². The Morgan fingerprint density at radius 3 is 2.86 bits per heavy atom. The van der Waals surface area contributed by atoms with Gasteiger partial charge in [-0.25, -0.2) is 0 Å². The summed E-state index contributed by atoms with van der Waals surface area (Å²) in [6, 6.07) is 11.6. The number of benzene rings is 1. The standard InChI is InChI=1S/C17H20N2O2/c1-3-13(2)19-11-14(20)12-21-17-9-5-4-7-15(17)16-8-6-10-18-16/h1,4-10,13-14,18-20H,11-12H2,2H3. The quantitative estimate of drug-likeness (QED) is 0.682. The molecule has 0 amide bonds. The van der Waals surface area contributed by atoms with E-state index in [2.05, 4.69) is 16.2 Å². The van der Waals surface area contributed by atoms with Crippen molar-refractivity contribution in [3.05, 3.63) is 42.6 Å². The topological polar surface area (TPSA) is 57.3 Å². The number of aromatic amines is 1. The summed E-state index contributed by atoms with van der Waals surface area (Å²) in [6.07, 6.45) is 6.52. The first-order valence-electron chi connectivity index (χ1n) is 6.94. The lowest BCUT2D eigenvalue weighted by molar-refractivity contribution is 0.106. The Kier molecular flexibility index (Phi) is 5.44. The summed E-state index contributed by atoms with van der Waals surface area (Å²) in [5.41, 5.74) is 1.96. The molecule has 21 heavy (non-hydrogen) atoms. The molecule has 4 nitrogen and oxygen atoms in total. The van der Waals surface area contributed by atoms with E-state index in [1.807, 2.05) is 49.5 Å². The van der Waals surface area contributed by atoms with Gasteiger partial charge in [0.1, 0.15) is 18.5 Å². The van der Waals surface area contributed by atoms with E-state index < -0.39 is 6.10 Å². The number of ether oxygens (including phenoxy) is 1. The van der Waals surface area contributed by atoms with E-state index in [9.17, 15) is 5.11 Å². The van der Waals surface area contributed by atoms with E-state index in [1.165, 1.54) is 0 Å². The fourth-order valence-electron chi connectivity index (χ4n) is 1.93. The Balaban J connectivity index is 1.93. The van der Waals surface area contributed by atoms with Crippen molar-refractivity contribution in [3.8, 4) is 29.4 Å². The van der Waals surface area contributed by atoms with Crippen molar-refractivity contribution in [3.63, 3.8) is 0 Å². The van der Waals surface area contributed by atoms with Gasteiger partial charge in [0.2, 0.25) is 0 Å². The number of rotatable bonds is 7. The summed E-state index contributed by atoms with van der Waals surface area (Å²) in [6.45, 7) is 2.48. The zero-order valence-electron chi connectivity index (χ0n) is 12.0. The molecule has 3 N–H and O–H groups in total. The van der Waals surface area contributed by atoms with Crippen molar-refractivity contribution in [1.82, 2.24) is 10.3 Å². The number of nitrogens with one attached hydrogen (secondary N) is 2. The predicted molar refractivity (Wildman–Crippen MR) is 84.0 cm³/mol. The van der Waals surface area contributed by atoms with Gasteiger partial charge in [-0.05, 0) is 31.2 Å². The lowest BCUT2D eigenvalue weighted by Crippen LogP contribution is -2.35. The second kappa shape index (κ2) is 7.53. The minimum atomic E-state index is -0.613. The van der Waals surface area contributed by atoms with Crippen molar-refractivity contribution in [2.24, 2.45) is 0 Å². The molecule has 110 valence electrons. The number of hydrogen-bond donors (Lipinski definition) is 3. The lowest BCUT2D eigenvalue weighted by Gasteiger charge is -2.16. The molecule has 2 atom stereocenters. The summed E-state index contributed by atoms with van der Waals surface area (Å²) < 4.78 is 5.73. The highest BCUT2D eigenvalue weighted by Crippen LogP contribution is 2.28. The maximum absolute atomic E-state index is 9.91.